The fraction of sp³-hybridized carbons (Fsp3) is 0.263. The van der Waals surface area contributed by atoms with E-state index in [4.69, 9.17) is 4.74 Å². The molecule has 0 saturated heterocycles. The van der Waals surface area contributed by atoms with Gasteiger partial charge in [0.1, 0.15) is 28.9 Å². The highest BCUT2D eigenvalue weighted by molar-refractivity contribution is 5.84. The van der Waals surface area contributed by atoms with Crippen LogP contribution in [0, 0.1) is 0 Å². The van der Waals surface area contributed by atoms with E-state index < -0.39 is 23.9 Å². The summed E-state index contributed by atoms with van der Waals surface area (Å²) in [5, 5.41) is 10.5. The first-order valence-electron chi connectivity index (χ1n) is 8.73. The van der Waals surface area contributed by atoms with Crippen LogP contribution in [0.4, 0.5) is 13.2 Å². The summed E-state index contributed by atoms with van der Waals surface area (Å²) in [7, 11) is 1.42. The van der Waals surface area contributed by atoms with Gasteiger partial charge < -0.3 is 14.8 Å². The standard InChI is InChI=1S/C19H17F3N4O4/c1-11(12-6-8-13(9-7-12)30-19(20,21)22)23-16(27)10-26-18(28)17-14(24-25-26)4-3-5-15(17)29-2/h3-9,11H,10H2,1-2H3,(H,23,27). The Morgan fingerprint density at radius 2 is 1.90 bits per heavy atom. The number of aromatic nitrogens is 3. The van der Waals surface area contributed by atoms with Gasteiger partial charge in [0.25, 0.3) is 5.56 Å². The first-order chi connectivity index (χ1) is 14.2. The van der Waals surface area contributed by atoms with Crippen LogP contribution >= 0.6 is 0 Å². The van der Waals surface area contributed by atoms with E-state index in [-0.39, 0.29) is 17.7 Å². The Hall–Kier alpha value is -3.63. The largest absolute Gasteiger partial charge is 0.573 e. The van der Waals surface area contributed by atoms with Gasteiger partial charge in [-0.05, 0) is 36.8 Å². The van der Waals surface area contributed by atoms with Crippen LogP contribution in [0.2, 0.25) is 0 Å². The van der Waals surface area contributed by atoms with Gasteiger partial charge in [-0.25, -0.2) is 4.68 Å². The highest BCUT2D eigenvalue weighted by atomic mass is 19.4. The maximum atomic E-state index is 12.6. The number of ether oxygens (including phenoxy) is 2. The van der Waals surface area contributed by atoms with Crippen LogP contribution in [-0.4, -0.2) is 34.4 Å². The maximum Gasteiger partial charge on any atom is 0.573 e. The molecule has 0 bridgehead atoms. The Morgan fingerprint density at radius 1 is 1.20 bits per heavy atom. The van der Waals surface area contributed by atoms with Crippen LogP contribution in [-0.2, 0) is 11.3 Å². The van der Waals surface area contributed by atoms with Crippen molar-refractivity contribution in [1.29, 1.82) is 0 Å². The van der Waals surface area contributed by atoms with Gasteiger partial charge in [-0.1, -0.05) is 23.4 Å². The van der Waals surface area contributed by atoms with Gasteiger partial charge >= 0.3 is 6.36 Å². The molecule has 11 heteroatoms. The number of benzene rings is 2. The highest BCUT2D eigenvalue weighted by Gasteiger charge is 2.31. The number of nitrogens with one attached hydrogen (secondary N) is 1. The second kappa shape index (κ2) is 8.39. The van der Waals surface area contributed by atoms with E-state index in [1.165, 1.54) is 19.2 Å². The molecule has 1 aromatic heterocycles. The second-order valence-corrected chi connectivity index (χ2v) is 6.31. The maximum absolute atomic E-state index is 12.6. The molecule has 0 fully saturated rings. The fourth-order valence-corrected chi connectivity index (χ4v) is 2.83. The van der Waals surface area contributed by atoms with Crippen molar-refractivity contribution >= 4 is 16.8 Å². The summed E-state index contributed by atoms with van der Waals surface area (Å²) in [6.45, 7) is 1.26. The Morgan fingerprint density at radius 3 is 2.53 bits per heavy atom. The smallest absolute Gasteiger partial charge is 0.496 e. The Bertz CT molecular complexity index is 1110. The van der Waals surface area contributed by atoms with Gasteiger partial charge in [-0.15, -0.1) is 18.3 Å². The number of carbonyl (C=O) groups is 1. The van der Waals surface area contributed by atoms with E-state index in [0.717, 1.165) is 16.8 Å². The highest BCUT2D eigenvalue weighted by Crippen LogP contribution is 2.24. The second-order valence-electron chi connectivity index (χ2n) is 6.31. The predicted octanol–water partition coefficient (Wildman–Crippen LogP) is 2.58. The molecule has 158 valence electrons. The molecule has 1 N–H and O–H groups in total. The lowest BCUT2D eigenvalue weighted by Crippen LogP contribution is -2.35. The Kier molecular flexibility index (Phi) is 5.90. The zero-order valence-corrected chi connectivity index (χ0v) is 15.9. The van der Waals surface area contributed by atoms with Gasteiger partial charge in [0.2, 0.25) is 5.91 Å². The zero-order chi connectivity index (χ0) is 21.9. The number of carbonyl (C=O) groups excluding carboxylic acids is 1. The molecule has 2 aromatic carbocycles. The third-order valence-electron chi connectivity index (χ3n) is 4.22. The van der Waals surface area contributed by atoms with Crippen molar-refractivity contribution in [3.8, 4) is 11.5 Å². The Labute approximate surface area is 168 Å². The molecule has 0 aliphatic carbocycles. The molecular formula is C19H17F3N4O4. The summed E-state index contributed by atoms with van der Waals surface area (Å²) in [4.78, 5) is 25.0. The monoisotopic (exact) mass is 422 g/mol. The van der Waals surface area contributed by atoms with Gasteiger partial charge in [0.05, 0.1) is 13.2 Å². The summed E-state index contributed by atoms with van der Waals surface area (Å²) >= 11 is 0. The number of nitrogens with zero attached hydrogens (tertiary/aromatic N) is 3. The molecule has 0 radical (unpaired) electrons. The van der Waals surface area contributed by atoms with Crippen molar-refractivity contribution < 1.29 is 27.4 Å². The first-order valence-corrected chi connectivity index (χ1v) is 8.73. The number of fused-ring (bicyclic) bond motifs is 1. The van der Waals surface area contributed by atoms with Gasteiger partial charge in [0, 0.05) is 0 Å². The van der Waals surface area contributed by atoms with Gasteiger partial charge in [0.15, 0.2) is 0 Å². The third-order valence-corrected chi connectivity index (χ3v) is 4.22. The molecule has 30 heavy (non-hydrogen) atoms. The molecular weight excluding hydrogens is 405 g/mol. The number of rotatable bonds is 6. The summed E-state index contributed by atoms with van der Waals surface area (Å²) < 4.78 is 46.6. The number of hydrogen-bond acceptors (Lipinski definition) is 6. The SMILES string of the molecule is COc1cccc2nnn(CC(=O)NC(C)c3ccc(OC(F)(F)F)cc3)c(=O)c12. The van der Waals surface area contributed by atoms with E-state index >= 15 is 0 Å². The van der Waals surface area contributed by atoms with Crippen molar-refractivity contribution in [1.82, 2.24) is 20.3 Å². The minimum atomic E-state index is -4.78. The number of methoxy groups -OCH3 is 1. The zero-order valence-electron chi connectivity index (χ0n) is 15.9. The van der Waals surface area contributed by atoms with Crippen molar-refractivity contribution in [3.63, 3.8) is 0 Å². The number of halogens is 3. The molecule has 1 heterocycles. The average Bonchev–Trinajstić information content (AvgIpc) is 2.69. The Balaban J connectivity index is 1.71. The lowest BCUT2D eigenvalue weighted by atomic mass is 10.1. The summed E-state index contributed by atoms with van der Waals surface area (Å²) in [6, 6.07) is 9.44. The van der Waals surface area contributed by atoms with Crippen molar-refractivity contribution in [2.45, 2.75) is 25.9 Å². The predicted molar refractivity (Wildman–Crippen MR) is 100 cm³/mol. The van der Waals surface area contributed by atoms with E-state index in [2.05, 4.69) is 20.4 Å². The minimum Gasteiger partial charge on any atom is -0.496 e. The lowest BCUT2D eigenvalue weighted by Gasteiger charge is -2.15. The summed E-state index contributed by atoms with van der Waals surface area (Å²) in [6.07, 6.45) is -4.78. The number of hydrogen-bond donors (Lipinski definition) is 1. The molecule has 3 rings (SSSR count). The molecule has 0 aliphatic rings. The van der Waals surface area contributed by atoms with Gasteiger partial charge in [-0.3, -0.25) is 9.59 Å². The van der Waals surface area contributed by atoms with Crippen molar-refractivity contribution in [2.75, 3.05) is 7.11 Å². The van der Waals surface area contributed by atoms with E-state index in [0.29, 0.717) is 16.8 Å². The van der Waals surface area contributed by atoms with E-state index in [1.54, 1.807) is 25.1 Å². The van der Waals surface area contributed by atoms with Crippen LogP contribution in [0.1, 0.15) is 18.5 Å². The van der Waals surface area contributed by atoms with Crippen LogP contribution in [0.3, 0.4) is 0 Å². The third kappa shape index (κ3) is 4.85. The van der Waals surface area contributed by atoms with Crippen LogP contribution in [0.25, 0.3) is 10.9 Å². The number of amides is 1. The normalized spacial score (nSPS) is 12.4. The molecule has 0 spiro atoms. The summed E-state index contributed by atoms with van der Waals surface area (Å²) in [5.74, 6) is -0.573. The molecule has 1 atom stereocenters. The topological polar surface area (TPSA) is 95.3 Å². The van der Waals surface area contributed by atoms with Gasteiger partial charge in [-0.2, -0.15) is 0 Å². The molecule has 3 aromatic rings. The molecule has 0 saturated carbocycles. The first kappa shape index (κ1) is 21.1. The average molecular weight is 422 g/mol. The van der Waals surface area contributed by atoms with E-state index in [9.17, 15) is 22.8 Å². The van der Waals surface area contributed by atoms with Crippen molar-refractivity contribution in [2.24, 2.45) is 0 Å². The van der Waals surface area contributed by atoms with Crippen LogP contribution in [0.15, 0.2) is 47.3 Å². The molecule has 8 nitrogen and oxygen atoms in total. The van der Waals surface area contributed by atoms with Crippen LogP contribution < -0.4 is 20.3 Å². The number of alkyl halides is 3. The summed E-state index contributed by atoms with van der Waals surface area (Å²) in [5.41, 5.74) is 0.357. The quantitative estimate of drug-likeness (QED) is 0.656. The van der Waals surface area contributed by atoms with Crippen LogP contribution in [0.5, 0.6) is 11.5 Å². The van der Waals surface area contributed by atoms with Crippen molar-refractivity contribution in [3.05, 3.63) is 58.4 Å². The van der Waals surface area contributed by atoms with E-state index in [1.807, 2.05) is 0 Å². The molecule has 0 aliphatic heterocycles. The minimum absolute atomic E-state index is 0.205. The fourth-order valence-electron chi connectivity index (χ4n) is 2.83. The molecule has 1 unspecified atom stereocenters. The molecule has 1 amide bonds. The lowest BCUT2D eigenvalue weighted by molar-refractivity contribution is -0.274.